The Morgan fingerprint density at radius 3 is 2.43 bits per heavy atom. The number of phosphoric ester groups is 2. The number of carbonyl (C=O) groups is 2. The molecule has 0 aliphatic carbocycles. The number of hydrogen-bond donors (Lipinski definition) is 10. The van der Waals surface area contributed by atoms with Gasteiger partial charge in [-0.1, -0.05) is 0 Å². The number of rotatable bonds is 13. The van der Waals surface area contributed by atoms with Gasteiger partial charge in [0.25, 0.3) is 5.91 Å². The standard InChI is InChI=1S/C27H35N9O15P2/c1-10-3-12-13(4-11(10)2)35(24-18(32-12)25(42)34-27(43)33-24)5-14(37)19(39)15(38)6-48-52(44,45)51-53(46,47)49-7-16-20(40)21(41)26(50-16)36-9-31-17-22(28)29-8-30-23(17)36/h3-4,8-9,14-16,18-21,26,32,37-41H,5-7H2,1-2H3,(H,44,45)(H,46,47)(H2,28,29,30)(H,34,42,43)/t14-,15+,16?,18?,19-,20+,21+,26+/m0/s1. The number of urea groups is 1. The highest BCUT2D eigenvalue weighted by molar-refractivity contribution is 7.61. The predicted molar refractivity (Wildman–Crippen MR) is 178 cm³/mol. The second-order valence-electron chi connectivity index (χ2n) is 12.3. The van der Waals surface area contributed by atoms with Gasteiger partial charge in [0, 0.05) is 0 Å². The number of nitrogens with one attached hydrogen (secondary N) is 2. The van der Waals surface area contributed by atoms with Gasteiger partial charge in [-0.3, -0.25) is 23.7 Å². The number of amides is 3. The van der Waals surface area contributed by atoms with Crippen LogP contribution in [0, 0.1) is 13.8 Å². The van der Waals surface area contributed by atoms with Crippen LogP contribution in [0.3, 0.4) is 0 Å². The minimum atomic E-state index is -5.53. The van der Waals surface area contributed by atoms with Crippen LogP contribution >= 0.6 is 15.6 Å². The molecular formula is C27H35N9O15P2. The van der Waals surface area contributed by atoms with E-state index in [-0.39, 0.29) is 22.8 Å². The SMILES string of the molecule is Cc1cc2c(cc1C)N(C[C@H](O)[C@H](O)[C@H](O)COP(=O)(O)OP(=O)(O)OCC1O[C@@H](n3cnc4c(N)ncnc43)[C@H](O)[C@@H]1O)C1=NC(=O)NC(=O)C1N2. The van der Waals surface area contributed by atoms with Crippen LogP contribution in [0.1, 0.15) is 17.4 Å². The number of nitrogens with two attached hydrogens (primary N) is 1. The fourth-order valence-corrected chi connectivity index (χ4v) is 7.86. The summed E-state index contributed by atoms with van der Waals surface area (Å²) in [6.45, 7) is 0.901. The van der Waals surface area contributed by atoms with Crippen LogP contribution in [0.15, 0.2) is 29.8 Å². The fourth-order valence-electron chi connectivity index (χ4n) is 5.77. The first-order valence-electron chi connectivity index (χ1n) is 15.6. The number of nitrogen functional groups attached to an aromatic ring is 1. The monoisotopic (exact) mass is 787 g/mol. The van der Waals surface area contributed by atoms with E-state index in [2.05, 4.69) is 39.4 Å². The Hall–Kier alpha value is -4.00. The number of imidazole rings is 1. The number of ether oxygens (including phenoxy) is 1. The van der Waals surface area contributed by atoms with Crippen molar-refractivity contribution in [3.8, 4) is 0 Å². The zero-order valence-corrected chi connectivity index (χ0v) is 29.4. The number of benzene rings is 1. The van der Waals surface area contributed by atoms with E-state index in [1.165, 1.54) is 15.8 Å². The lowest BCUT2D eigenvalue weighted by Gasteiger charge is -2.40. The molecule has 288 valence electrons. The number of aliphatic imine (C=N–C) groups is 1. The van der Waals surface area contributed by atoms with Crippen molar-refractivity contribution in [2.24, 2.45) is 4.99 Å². The molecule has 1 aromatic carbocycles. The van der Waals surface area contributed by atoms with Gasteiger partial charge in [-0.15, -0.1) is 0 Å². The highest BCUT2D eigenvalue weighted by Crippen LogP contribution is 2.60. The molecule has 26 heteroatoms. The number of anilines is 3. The summed E-state index contributed by atoms with van der Waals surface area (Å²) < 4.78 is 45.4. The average Bonchev–Trinajstić information content (AvgIpc) is 3.63. The zero-order valence-electron chi connectivity index (χ0n) is 27.6. The number of imide groups is 1. The fraction of sp³-hybridized carbons (Fsp3) is 0.481. The van der Waals surface area contributed by atoms with Crippen molar-refractivity contribution >= 4 is 61.8 Å². The third-order valence-corrected chi connectivity index (χ3v) is 11.2. The van der Waals surface area contributed by atoms with Crippen LogP contribution in [0.2, 0.25) is 0 Å². The molecule has 3 aromatic rings. The number of aliphatic hydroxyl groups is 5. The van der Waals surface area contributed by atoms with Crippen LogP contribution in [-0.4, -0.2) is 135 Å². The smallest absolute Gasteiger partial charge is 0.388 e. The molecule has 1 fully saturated rings. The lowest BCUT2D eigenvalue weighted by atomic mass is 10.00. The molecule has 4 unspecified atom stereocenters. The normalized spacial score (nSPS) is 26.8. The Bertz CT molecular complexity index is 2050. The lowest BCUT2D eigenvalue weighted by molar-refractivity contribution is -0.119. The Kier molecular flexibility index (Phi) is 10.7. The highest BCUT2D eigenvalue weighted by atomic mass is 31.3. The van der Waals surface area contributed by atoms with Gasteiger partial charge >= 0.3 is 21.7 Å². The van der Waals surface area contributed by atoms with Crippen molar-refractivity contribution in [3.63, 3.8) is 0 Å². The zero-order chi connectivity index (χ0) is 38.6. The van der Waals surface area contributed by atoms with Gasteiger partial charge in [-0.2, -0.15) is 9.30 Å². The van der Waals surface area contributed by atoms with Gasteiger partial charge in [0.2, 0.25) is 0 Å². The van der Waals surface area contributed by atoms with E-state index in [9.17, 15) is 54.0 Å². The van der Waals surface area contributed by atoms with Gasteiger partial charge in [-0.05, 0) is 37.1 Å². The Balaban J connectivity index is 1.04. The number of nitrogens with zero attached hydrogens (tertiary/aromatic N) is 6. The minimum absolute atomic E-state index is 0.0311. The summed E-state index contributed by atoms with van der Waals surface area (Å²) in [7, 11) is -11.0. The number of carbonyl (C=O) groups excluding carboxylic acids is 2. The Morgan fingerprint density at radius 1 is 1.00 bits per heavy atom. The summed E-state index contributed by atoms with van der Waals surface area (Å²) in [4.78, 5) is 61.8. The number of phosphoric acid groups is 2. The van der Waals surface area contributed by atoms with E-state index < -0.39 is 96.2 Å². The Labute approximate surface area is 298 Å². The van der Waals surface area contributed by atoms with Crippen LogP contribution in [0.25, 0.3) is 11.2 Å². The lowest BCUT2D eigenvalue weighted by Crippen LogP contribution is -2.60. The largest absolute Gasteiger partial charge is 0.481 e. The number of aryl methyl sites for hydroxylation is 2. The van der Waals surface area contributed by atoms with E-state index in [1.807, 2.05) is 6.92 Å². The van der Waals surface area contributed by atoms with E-state index in [1.54, 1.807) is 19.1 Å². The van der Waals surface area contributed by atoms with Crippen molar-refractivity contribution in [2.75, 3.05) is 35.7 Å². The van der Waals surface area contributed by atoms with E-state index in [0.29, 0.717) is 11.4 Å². The predicted octanol–water partition coefficient (Wildman–Crippen LogP) is -2.07. The molecule has 24 nitrogen and oxygen atoms in total. The van der Waals surface area contributed by atoms with Crippen molar-refractivity contribution in [1.82, 2.24) is 24.8 Å². The molecular weight excluding hydrogens is 752 g/mol. The van der Waals surface area contributed by atoms with Gasteiger partial charge in [-0.25, -0.2) is 28.9 Å². The summed E-state index contributed by atoms with van der Waals surface area (Å²) in [6, 6.07) is 1.31. The molecule has 11 N–H and O–H groups in total. The van der Waals surface area contributed by atoms with Crippen molar-refractivity contribution < 1.29 is 72.1 Å². The maximum atomic E-state index is 12.6. The van der Waals surface area contributed by atoms with Crippen molar-refractivity contribution in [1.29, 1.82) is 0 Å². The number of aliphatic hydroxyl groups excluding tert-OH is 5. The van der Waals surface area contributed by atoms with E-state index >= 15 is 0 Å². The average molecular weight is 788 g/mol. The maximum absolute atomic E-state index is 12.6. The summed E-state index contributed by atoms with van der Waals surface area (Å²) in [6.07, 6.45) is -9.85. The second kappa shape index (κ2) is 14.7. The third-order valence-electron chi connectivity index (χ3n) is 8.62. The van der Waals surface area contributed by atoms with Crippen LogP contribution in [0.5, 0.6) is 0 Å². The molecule has 0 saturated carbocycles. The quantitative estimate of drug-likeness (QED) is 0.0831. The summed E-state index contributed by atoms with van der Waals surface area (Å²) in [5.41, 5.74) is 8.55. The number of amidine groups is 1. The molecule has 3 aliphatic rings. The first kappa shape index (κ1) is 38.7. The van der Waals surface area contributed by atoms with E-state index in [0.717, 1.165) is 17.5 Å². The molecule has 3 amide bonds. The van der Waals surface area contributed by atoms with Crippen LogP contribution in [-0.2, 0) is 32.0 Å². The van der Waals surface area contributed by atoms with Gasteiger partial charge < -0.3 is 56.0 Å². The first-order chi connectivity index (χ1) is 24.9. The molecule has 10 atom stereocenters. The van der Waals surface area contributed by atoms with Crippen LogP contribution in [0.4, 0.5) is 22.0 Å². The molecule has 1 saturated heterocycles. The second-order valence-corrected chi connectivity index (χ2v) is 15.3. The van der Waals surface area contributed by atoms with Crippen molar-refractivity contribution in [3.05, 3.63) is 35.9 Å². The maximum Gasteiger partial charge on any atom is 0.481 e. The molecule has 6 rings (SSSR count). The summed E-state index contributed by atoms with van der Waals surface area (Å²) in [5, 5.41) is 58.1. The molecule has 53 heavy (non-hydrogen) atoms. The molecule has 0 radical (unpaired) electrons. The summed E-state index contributed by atoms with van der Waals surface area (Å²) in [5.74, 6) is -0.794. The molecule has 5 heterocycles. The third kappa shape index (κ3) is 7.95. The number of β-amino-alcohol motifs (C(OH)–C–C–N with tert-alkyl or cyclic N) is 1. The molecule has 2 aromatic heterocycles. The Morgan fingerprint density at radius 2 is 1.70 bits per heavy atom. The minimum Gasteiger partial charge on any atom is -0.388 e. The molecule has 0 bridgehead atoms. The van der Waals surface area contributed by atoms with Gasteiger partial charge in [0.1, 0.15) is 54.3 Å². The topological polar surface area (TPSA) is 356 Å². The summed E-state index contributed by atoms with van der Waals surface area (Å²) >= 11 is 0. The van der Waals surface area contributed by atoms with E-state index in [4.69, 9.17) is 15.0 Å². The van der Waals surface area contributed by atoms with Crippen LogP contribution < -0.4 is 21.3 Å². The van der Waals surface area contributed by atoms with Gasteiger partial charge in [0.15, 0.2) is 23.7 Å². The number of aromatic nitrogens is 4. The van der Waals surface area contributed by atoms with Crippen molar-refractivity contribution in [2.45, 2.75) is 62.7 Å². The first-order valence-corrected chi connectivity index (χ1v) is 18.6. The molecule has 0 spiro atoms. The number of fused-ring (bicyclic) bond motifs is 3. The number of hydrogen-bond acceptors (Lipinski definition) is 19. The van der Waals surface area contributed by atoms with Gasteiger partial charge in [0.05, 0.1) is 37.5 Å². The molecule has 3 aliphatic heterocycles. The highest BCUT2D eigenvalue weighted by Gasteiger charge is 2.47.